The molecule has 2 N–H and O–H groups in total. The second-order valence-electron chi connectivity index (χ2n) is 8.34. The third-order valence-electron chi connectivity index (χ3n) is 6.40. The number of benzene rings is 2. The van der Waals surface area contributed by atoms with Crippen LogP contribution in [0.3, 0.4) is 0 Å². The molecule has 0 bridgehead atoms. The molecule has 0 spiro atoms. The first-order chi connectivity index (χ1) is 15.8. The van der Waals surface area contributed by atoms with Gasteiger partial charge in [0.05, 0.1) is 35.2 Å². The van der Waals surface area contributed by atoms with E-state index >= 15 is 0 Å². The van der Waals surface area contributed by atoms with Crippen molar-refractivity contribution in [1.82, 2.24) is 19.3 Å². The van der Waals surface area contributed by atoms with Gasteiger partial charge >= 0.3 is 6.18 Å². The zero-order valence-corrected chi connectivity index (χ0v) is 17.2. The van der Waals surface area contributed by atoms with Crippen molar-refractivity contribution in [3.05, 3.63) is 65.6 Å². The molecule has 168 valence electrons. The summed E-state index contributed by atoms with van der Waals surface area (Å²) in [7, 11) is 0. The van der Waals surface area contributed by atoms with Gasteiger partial charge in [-0.2, -0.15) is 13.2 Å². The lowest BCUT2D eigenvalue weighted by molar-refractivity contribution is -0.137. The maximum absolute atomic E-state index is 13.6. The van der Waals surface area contributed by atoms with Gasteiger partial charge in [-0.25, -0.2) is 9.97 Å². The molecule has 0 unspecified atom stereocenters. The number of rotatable bonds is 1. The topological polar surface area (TPSA) is 85.8 Å². The molecule has 0 saturated carbocycles. The number of hydrogen-bond donors (Lipinski definition) is 1. The molecule has 4 aromatic rings. The van der Waals surface area contributed by atoms with Gasteiger partial charge in [0.2, 0.25) is 0 Å². The zero-order valence-electron chi connectivity index (χ0n) is 17.2. The Morgan fingerprint density at radius 3 is 2.82 bits per heavy atom. The average molecular weight is 453 g/mol. The molecule has 0 radical (unpaired) electrons. The van der Waals surface area contributed by atoms with Gasteiger partial charge in [0.1, 0.15) is 23.2 Å². The van der Waals surface area contributed by atoms with Crippen molar-refractivity contribution in [2.75, 3.05) is 12.3 Å². The van der Waals surface area contributed by atoms with Gasteiger partial charge in [-0.05, 0) is 43.2 Å². The SMILES string of the molecule is Nc1nc2ccc(C(=O)N3CCC[C@@H]4Oc5cc(C(F)(F)F)ccc5[C@@H]43)cc2n2cncc12. The third-order valence-corrected chi connectivity index (χ3v) is 6.40. The molecule has 4 heterocycles. The summed E-state index contributed by atoms with van der Waals surface area (Å²) in [6.45, 7) is 0.488. The number of ether oxygens (including phenoxy) is 1. The smallest absolute Gasteiger partial charge is 0.416 e. The fraction of sp³-hybridized carbons (Fsp3) is 0.261. The highest BCUT2D eigenvalue weighted by molar-refractivity contribution is 5.98. The number of aromatic nitrogens is 3. The third kappa shape index (κ3) is 3.00. The fourth-order valence-electron chi connectivity index (χ4n) is 4.87. The molecule has 2 aromatic carbocycles. The van der Waals surface area contributed by atoms with Crippen molar-refractivity contribution in [3.63, 3.8) is 0 Å². The standard InChI is InChI=1S/C23H18F3N5O2/c24-23(25,26)13-4-5-14-19(9-13)33-18-2-1-7-30(20(14)18)22(32)12-3-6-15-16(8-12)31-11-28-10-17(31)21(27)29-15/h3-6,8-11,18,20H,1-2,7H2,(H2,27,29)/t18-,20-/m0/s1. The minimum atomic E-state index is -4.46. The Hall–Kier alpha value is -3.82. The van der Waals surface area contributed by atoms with Gasteiger partial charge in [0, 0.05) is 17.7 Å². The number of piperidine rings is 1. The van der Waals surface area contributed by atoms with Crippen LogP contribution in [0.1, 0.15) is 40.4 Å². The summed E-state index contributed by atoms with van der Waals surface area (Å²) >= 11 is 0. The van der Waals surface area contributed by atoms with Gasteiger partial charge in [-0.15, -0.1) is 0 Å². The molecule has 2 aliphatic rings. The monoisotopic (exact) mass is 453 g/mol. The maximum Gasteiger partial charge on any atom is 0.416 e. The van der Waals surface area contributed by atoms with Crippen LogP contribution in [0.5, 0.6) is 5.75 Å². The molecule has 1 fully saturated rings. The number of anilines is 1. The van der Waals surface area contributed by atoms with E-state index < -0.39 is 17.8 Å². The summed E-state index contributed by atoms with van der Waals surface area (Å²) < 4.78 is 47.1. The lowest BCUT2D eigenvalue weighted by Gasteiger charge is -2.36. The van der Waals surface area contributed by atoms with Gasteiger partial charge in [-0.3, -0.25) is 9.20 Å². The summed E-state index contributed by atoms with van der Waals surface area (Å²) in [5.74, 6) is 0.321. The lowest BCUT2D eigenvalue weighted by atomic mass is 9.93. The van der Waals surface area contributed by atoms with Crippen LogP contribution in [0.4, 0.5) is 19.0 Å². The largest absolute Gasteiger partial charge is 0.488 e. The Balaban J connectivity index is 1.40. The quantitative estimate of drug-likeness (QED) is 0.466. The number of fused-ring (bicyclic) bond motifs is 6. The minimum absolute atomic E-state index is 0.192. The number of amides is 1. The Bertz CT molecular complexity index is 1430. The van der Waals surface area contributed by atoms with E-state index in [0.717, 1.165) is 12.1 Å². The number of carbonyl (C=O) groups is 1. The van der Waals surface area contributed by atoms with E-state index in [0.29, 0.717) is 52.9 Å². The van der Waals surface area contributed by atoms with E-state index in [4.69, 9.17) is 10.5 Å². The van der Waals surface area contributed by atoms with E-state index in [1.807, 2.05) is 0 Å². The van der Waals surface area contributed by atoms with Crippen LogP contribution in [-0.2, 0) is 6.18 Å². The maximum atomic E-state index is 13.6. The molecular weight excluding hydrogens is 435 g/mol. The molecular formula is C23H18F3N5O2. The predicted molar refractivity (Wildman–Crippen MR) is 114 cm³/mol. The zero-order chi connectivity index (χ0) is 22.9. The molecule has 7 nitrogen and oxygen atoms in total. The summed E-state index contributed by atoms with van der Waals surface area (Å²) in [4.78, 5) is 23.8. The van der Waals surface area contributed by atoms with E-state index in [9.17, 15) is 18.0 Å². The van der Waals surface area contributed by atoms with Crippen LogP contribution in [0.2, 0.25) is 0 Å². The molecule has 1 saturated heterocycles. The van der Waals surface area contributed by atoms with Crippen molar-refractivity contribution >= 4 is 28.3 Å². The van der Waals surface area contributed by atoms with Gasteiger partial charge in [-0.1, -0.05) is 6.07 Å². The van der Waals surface area contributed by atoms with E-state index in [1.54, 1.807) is 40.0 Å². The van der Waals surface area contributed by atoms with Crippen molar-refractivity contribution in [1.29, 1.82) is 0 Å². The number of nitrogen functional groups attached to an aromatic ring is 1. The van der Waals surface area contributed by atoms with E-state index in [1.165, 1.54) is 6.07 Å². The molecule has 6 rings (SSSR count). The highest BCUT2D eigenvalue weighted by Crippen LogP contribution is 2.46. The average Bonchev–Trinajstić information content (AvgIpc) is 3.43. The van der Waals surface area contributed by atoms with Crippen molar-refractivity contribution < 1.29 is 22.7 Å². The Kier molecular flexibility index (Phi) is 4.11. The van der Waals surface area contributed by atoms with E-state index in [2.05, 4.69) is 9.97 Å². The second-order valence-corrected chi connectivity index (χ2v) is 8.34. The number of imidazole rings is 1. The molecule has 0 aliphatic carbocycles. The Morgan fingerprint density at radius 1 is 1.15 bits per heavy atom. The highest BCUT2D eigenvalue weighted by atomic mass is 19.4. The Morgan fingerprint density at radius 2 is 2.00 bits per heavy atom. The number of carbonyl (C=O) groups excluding carboxylic acids is 1. The van der Waals surface area contributed by atoms with Crippen molar-refractivity contribution in [2.45, 2.75) is 31.2 Å². The summed E-state index contributed by atoms with van der Waals surface area (Å²) in [5, 5.41) is 0. The van der Waals surface area contributed by atoms with Crippen molar-refractivity contribution in [2.24, 2.45) is 0 Å². The highest BCUT2D eigenvalue weighted by Gasteiger charge is 2.44. The van der Waals surface area contributed by atoms with Crippen LogP contribution in [0, 0.1) is 0 Å². The number of alkyl halides is 3. The van der Waals surface area contributed by atoms with Crippen LogP contribution in [-0.4, -0.2) is 37.8 Å². The molecule has 1 amide bonds. The van der Waals surface area contributed by atoms with Crippen LogP contribution in [0.25, 0.3) is 16.6 Å². The van der Waals surface area contributed by atoms with Gasteiger partial charge < -0.3 is 15.4 Å². The molecule has 10 heteroatoms. The minimum Gasteiger partial charge on any atom is -0.488 e. The normalized spacial score (nSPS) is 20.0. The number of hydrogen-bond acceptors (Lipinski definition) is 5. The van der Waals surface area contributed by atoms with Gasteiger partial charge in [0.15, 0.2) is 0 Å². The molecule has 2 aromatic heterocycles. The van der Waals surface area contributed by atoms with Crippen LogP contribution in [0.15, 0.2) is 48.9 Å². The lowest BCUT2D eigenvalue weighted by Crippen LogP contribution is -2.44. The second kappa shape index (κ2) is 6.84. The molecule has 33 heavy (non-hydrogen) atoms. The summed E-state index contributed by atoms with van der Waals surface area (Å²) in [6.07, 6.45) is -0.245. The Labute approximate surface area is 185 Å². The molecule has 2 aliphatic heterocycles. The first-order valence-corrected chi connectivity index (χ1v) is 10.5. The first-order valence-electron chi connectivity index (χ1n) is 10.5. The predicted octanol–water partition coefficient (Wildman–Crippen LogP) is 4.22. The first kappa shape index (κ1) is 19.8. The number of nitrogens with two attached hydrogens (primary N) is 1. The van der Waals surface area contributed by atoms with Crippen LogP contribution < -0.4 is 10.5 Å². The van der Waals surface area contributed by atoms with Crippen LogP contribution >= 0.6 is 0 Å². The summed E-state index contributed by atoms with van der Waals surface area (Å²) in [5.41, 5.74) is 8.24. The number of halogens is 3. The fourth-order valence-corrected chi connectivity index (χ4v) is 4.87. The van der Waals surface area contributed by atoms with E-state index in [-0.39, 0.29) is 17.8 Å². The van der Waals surface area contributed by atoms with Gasteiger partial charge in [0.25, 0.3) is 5.91 Å². The number of nitrogens with zero attached hydrogens (tertiary/aromatic N) is 4. The number of likely N-dealkylation sites (tertiary alicyclic amines) is 1. The summed E-state index contributed by atoms with van der Waals surface area (Å²) in [6, 6.07) is 8.23. The molecule has 2 atom stereocenters. The van der Waals surface area contributed by atoms with Crippen molar-refractivity contribution in [3.8, 4) is 5.75 Å².